The lowest BCUT2D eigenvalue weighted by molar-refractivity contribution is 0.0517. The Kier molecular flexibility index (Phi) is 5.36. The molecule has 3 fully saturated rings. The monoisotopic (exact) mass is 345 g/mol. The number of carbonyl (C=O) groups excluding carboxylic acids is 1. The van der Waals surface area contributed by atoms with Crippen molar-refractivity contribution in [3.8, 4) is 0 Å². The molecule has 0 radical (unpaired) electrons. The number of hydrogen-bond donors (Lipinski definition) is 1. The highest BCUT2D eigenvalue weighted by Crippen LogP contribution is 2.24. The molecule has 1 N–H and O–H groups in total. The van der Waals surface area contributed by atoms with Gasteiger partial charge in [-0.2, -0.15) is 5.10 Å². The van der Waals surface area contributed by atoms with Crippen molar-refractivity contribution in [3.63, 3.8) is 0 Å². The average molecular weight is 345 g/mol. The van der Waals surface area contributed by atoms with Gasteiger partial charge in [-0.05, 0) is 38.3 Å². The number of amides is 1. The van der Waals surface area contributed by atoms with Crippen molar-refractivity contribution in [2.24, 2.45) is 0 Å². The minimum atomic E-state index is 0.103. The first-order valence-electron chi connectivity index (χ1n) is 10.1. The van der Waals surface area contributed by atoms with Crippen LogP contribution >= 0.6 is 0 Å². The molecule has 1 atom stereocenters. The molecule has 6 heteroatoms. The van der Waals surface area contributed by atoms with Crippen LogP contribution in [-0.4, -0.2) is 70.8 Å². The number of nitrogens with one attached hydrogen (secondary N) is 1. The summed E-state index contributed by atoms with van der Waals surface area (Å²) in [5.74, 6) is 0.103. The van der Waals surface area contributed by atoms with Crippen LogP contribution in [0.1, 0.15) is 61.5 Å². The van der Waals surface area contributed by atoms with E-state index in [1.165, 1.54) is 38.5 Å². The number of piperazine rings is 1. The third kappa shape index (κ3) is 3.90. The predicted octanol–water partition coefficient (Wildman–Crippen LogP) is 1.90. The van der Waals surface area contributed by atoms with Crippen molar-refractivity contribution >= 4 is 5.91 Å². The number of piperidine rings is 1. The summed E-state index contributed by atoms with van der Waals surface area (Å²) < 4.78 is 1.98. The standard InChI is InChI=1S/C19H31N5O/c25-19(18-8-10-24(21-18)17-7-4-9-20-15-17)23-13-11-22(12-14-23)16-5-2-1-3-6-16/h8,10,16-17,20H,1-7,9,11-15H2. The zero-order valence-corrected chi connectivity index (χ0v) is 15.2. The van der Waals surface area contributed by atoms with E-state index in [0.29, 0.717) is 11.7 Å². The fourth-order valence-corrected chi connectivity index (χ4v) is 4.61. The molecule has 0 bridgehead atoms. The molecule has 2 aliphatic heterocycles. The molecule has 25 heavy (non-hydrogen) atoms. The fourth-order valence-electron chi connectivity index (χ4n) is 4.61. The average Bonchev–Trinajstić information content (AvgIpc) is 3.19. The topological polar surface area (TPSA) is 53.4 Å². The van der Waals surface area contributed by atoms with Crippen molar-refractivity contribution in [2.45, 2.75) is 57.0 Å². The van der Waals surface area contributed by atoms with Crippen molar-refractivity contribution in [1.82, 2.24) is 24.9 Å². The summed E-state index contributed by atoms with van der Waals surface area (Å²) in [4.78, 5) is 17.4. The summed E-state index contributed by atoms with van der Waals surface area (Å²) in [5.41, 5.74) is 0.608. The SMILES string of the molecule is O=C(c1ccn(C2CCCNC2)n1)N1CCN(C2CCCCC2)CC1. The maximum absolute atomic E-state index is 12.8. The number of carbonyl (C=O) groups is 1. The molecular weight excluding hydrogens is 314 g/mol. The van der Waals surface area contributed by atoms with E-state index in [1.54, 1.807) is 0 Å². The summed E-state index contributed by atoms with van der Waals surface area (Å²) in [6.45, 7) is 5.76. The van der Waals surface area contributed by atoms with Crippen molar-refractivity contribution in [3.05, 3.63) is 18.0 Å². The molecule has 1 unspecified atom stereocenters. The van der Waals surface area contributed by atoms with E-state index in [1.807, 2.05) is 21.8 Å². The van der Waals surface area contributed by atoms with E-state index >= 15 is 0 Å². The molecule has 2 saturated heterocycles. The number of hydrogen-bond acceptors (Lipinski definition) is 4. The molecule has 0 aromatic carbocycles. The van der Waals surface area contributed by atoms with Gasteiger partial charge in [-0.1, -0.05) is 19.3 Å². The highest BCUT2D eigenvalue weighted by atomic mass is 16.2. The zero-order chi connectivity index (χ0) is 17.1. The first-order chi connectivity index (χ1) is 12.3. The fraction of sp³-hybridized carbons (Fsp3) is 0.789. The van der Waals surface area contributed by atoms with Gasteiger partial charge >= 0.3 is 0 Å². The molecule has 6 nitrogen and oxygen atoms in total. The lowest BCUT2D eigenvalue weighted by atomic mass is 9.94. The molecule has 138 valence electrons. The zero-order valence-electron chi connectivity index (χ0n) is 15.2. The molecule has 0 spiro atoms. The number of aromatic nitrogens is 2. The Labute approximate surface area is 150 Å². The van der Waals surface area contributed by atoms with Gasteiger partial charge in [0.25, 0.3) is 5.91 Å². The van der Waals surface area contributed by atoms with E-state index in [4.69, 9.17) is 0 Å². The van der Waals surface area contributed by atoms with Crippen molar-refractivity contribution in [2.75, 3.05) is 39.3 Å². The van der Waals surface area contributed by atoms with Gasteiger partial charge in [0.15, 0.2) is 0 Å². The maximum Gasteiger partial charge on any atom is 0.274 e. The first-order valence-corrected chi connectivity index (χ1v) is 10.1. The highest BCUT2D eigenvalue weighted by molar-refractivity contribution is 5.92. The Morgan fingerprint density at radius 3 is 2.48 bits per heavy atom. The molecule has 3 aliphatic rings. The quantitative estimate of drug-likeness (QED) is 0.909. The van der Waals surface area contributed by atoms with E-state index in [2.05, 4.69) is 15.3 Å². The second kappa shape index (κ2) is 7.87. The second-order valence-electron chi connectivity index (χ2n) is 7.80. The molecule has 1 aromatic heterocycles. The van der Waals surface area contributed by atoms with E-state index in [0.717, 1.165) is 51.7 Å². The Morgan fingerprint density at radius 2 is 1.76 bits per heavy atom. The van der Waals surface area contributed by atoms with Gasteiger partial charge in [0.2, 0.25) is 0 Å². The van der Waals surface area contributed by atoms with E-state index in [-0.39, 0.29) is 5.91 Å². The maximum atomic E-state index is 12.8. The predicted molar refractivity (Wildman–Crippen MR) is 97.7 cm³/mol. The second-order valence-corrected chi connectivity index (χ2v) is 7.80. The van der Waals surface area contributed by atoms with Crippen LogP contribution in [0.4, 0.5) is 0 Å². The summed E-state index contributed by atoms with van der Waals surface area (Å²) in [5, 5.41) is 8.00. The van der Waals surface area contributed by atoms with Crippen LogP contribution in [-0.2, 0) is 0 Å². The van der Waals surface area contributed by atoms with Gasteiger partial charge in [-0.25, -0.2) is 0 Å². The van der Waals surface area contributed by atoms with Crippen LogP contribution in [0.15, 0.2) is 12.3 Å². The van der Waals surface area contributed by atoms with Crippen LogP contribution in [0, 0.1) is 0 Å². The van der Waals surface area contributed by atoms with Gasteiger partial charge in [0, 0.05) is 45.0 Å². The lowest BCUT2D eigenvalue weighted by Crippen LogP contribution is -2.52. The Bertz CT molecular complexity index is 566. The van der Waals surface area contributed by atoms with Gasteiger partial charge in [0.1, 0.15) is 5.69 Å². The molecule has 1 aromatic rings. The summed E-state index contributed by atoms with van der Waals surface area (Å²) >= 11 is 0. The Hall–Kier alpha value is -1.40. The van der Waals surface area contributed by atoms with Gasteiger partial charge < -0.3 is 10.2 Å². The van der Waals surface area contributed by atoms with Gasteiger partial charge in [0.05, 0.1) is 6.04 Å². The molecule has 1 saturated carbocycles. The first kappa shape index (κ1) is 17.0. The summed E-state index contributed by atoms with van der Waals surface area (Å²) in [6.07, 6.45) is 11.1. The molecule has 1 amide bonds. The minimum Gasteiger partial charge on any atom is -0.335 e. The largest absolute Gasteiger partial charge is 0.335 e. The third-order valence-corrected chi connectivity index (χ3v) is 6.17. The van der Waals surface area contributed by atoms with Crippen LogP contribution in [0.3, 0.4) is 0 Å². The van der Waals surface area contributed by atoms with E-state index < -0.39 is 0 Å². The van der Waals surface area contributed by atoms with Crippen LogP contribution in [0.2, 0.25) is 0 Å². The molecule has 4 rings (SSSR count). The van der Waals surface area contributed by atoms with Crippen LogP contribution in [0.5, 0.6) is 0 Å². The van der Waals surface area contributed by atoms with E-state index in [9.17, 15) is 4.79 Å². The van der Waals surface area contributed by atoms with Crippen LogP contribution in [0.25, 0.3) is 0 Å². The number of rotatable bonds is 3. The Balaban J connectivity index is 1.32. The lowest BCUT2D eigenvalue weighted by Gasteiger charge is -2.40. The number of nitrogens with zero attached hydrogens (tertiary/aromatic N) is 4. The summed E-state index contributed by atoms with van der Waals surface area (Å²) in [7, 11) is 0. The minimum absolute atomic E-state index is 0.103. The molecular formula is C19H31N5O. The van der Waals surface area contributed by atoms with Gasteiger partial charge in [-0.15, -0.1) is 0 Å². The molecule has 1 aliphatic carbocycles. The van der Waals surface area contributed by atoms with Crippen LogP contribution < -0.4 is 5.32 Å². The van der Waals surface area contributed by atoms with Crippen molar-refractivity contribution < 1.29 is 4.79 Å². The normalized spacial score (nSPS) is 26.7. The summed E-state index contributed by atoms with van der Waals surface area (Å²) in [6, 6.07) is 3.03. The smallest absolute Gasteiger partial charge is 0.274 e. The highest BCUT2D eigenvalue weighted by Gasteiger charge is 2.28. The Morgan fingerprint density at radius 1 is 1.00 bits per heavy atom. The molecule has 3 heterocycles. The van der Waals surface area contributed by atoms with Gasteiger partial charge in [-0.3, -0.25) is 14.4 Å². The van der Waals surface area contributed by atoms with Crippen molar-refractivity contribution in [1.29, 1.82) is 0 Å². The third-order valence-electron chi connectivity index (χ3n) is 6.17.